The van der Waals surface area contributed by atoms with Crippen LogP contribution < -0.4 is 10.2 Å². The number of rotatable bonds is 3. The monoisotopic (exact) mass is 410 g/mol. The van der Waals surface area contributed by atoms with Gasteiger partial charge in [-0.3, -0.25) is 4.79 Å². The molecule has 2 atom stereocenters. The zero-order valence-corrected chi connectivity index (χ0v) is 16.9. The average Bonchev–Trinajstić information content (AvgIpc) is 3.38. The summed E-state index contributed by atoms with van der Waals surface area (Å²) in [5.41, 5.74) is 2.16. The van der Waals surface area contributed by atoms with Gasteiger partial charge in [0, 0.05) is 43.0 Å². The number of anilines is 1. The zero-order chi connectivity index (χ0) is 18.7. The Bertz CT molecular complexity index is 891. The molecular weight excluding hydrogens is 380 g/mol. The van der Waals surface area contributed by atoms with Gasteiger partial charge < -0.3 is 15.1 Å². The molecule has 5 nitrogen and oxygen atoms in total. The molecule has 4 heterocycles. The summed E-state index contributed by atoms with van der Waals surface area (Å²) in [5, 5.41) is 4.74. The van der Waals surface area contributed by atoms with Crippen LogP contribution >= 0.6 is 11.3 Å². The molecule has 1 amide bonds. The van der Waals surface area contributed by atoms with Crippen molar-refractivity contribution in [1.29, 1.82) is 0 Å². The number of thiazole rings is 1. The molecule has 2 aromatic rings. The van der Waals surface area contributed by atoms with Crippen molar-refractivity contribution in [2.75, 3.05) is 24.5 Å². The second-order valence-electron chi connectivity index (χ2n) is 8.74. The van der Waals surface area contributed by atoms with E-state index in [1.165, 1.54) is 34.1 Å². The SMILES string of the molecule is C.O=C(N1CCc2nc(N3C4CCC3CNC4)sc2C1)C1(c2ccccc2)CC1. The van der Waals surface area contributed by atoms with Crippen LogP contribution in [-0.2, 0) is 23.2 Å². The van der Waals surface area contributed by atoms with Gasteiger partial charge in [-0.25, -0.2) is 4.98 Å². The molecule has 1 saturated carbocycles. The molecule has 2 bridgehead atoms. The van der Waals surface area contributed by atoms with Gasteiger partial charge in [-0.05, 0) is 31.2 Å². The molecule has 3 aliphatic heterocycles. The first-order valence-electron chi connectivity index (χ1n) is 10.6. The van der Waals surface area contributed by atoms with Crippen LogP contribution in [0.3, 0.4) is 0 Å². The number of aromatic nitrogens is 1. The average molecular weight is 411 g/mol. The van der Waals surface area contributed by atoms with E-state index in [4.69, 9.17) is 4.98 Å². The molecule has 1 N–H and O–H groups in total. The van der Waals surface area contributed by atoms with Crippen LogP contribution in [0.15, 0.2) is 30.3 Å². The molecule has 1 aliphatic carbocycles. The van der Waals surface area contributed by atoms with Gasteiger partial charge in [-0.15, -0.1) is 0 Å². The van der Waals surface area contributed by atoms with Gasteiger partial charge in [0.05, 0.1) is 17.7 Å². The quantitative estimate of drug-likeness (QED) is 0.843. The van der Waals surface area contributed by atoms with Crippen LogP contribution in [0.25, 0.3) is 0 Å². The summed E-state index contributed by atoms with van der Waals surface area (Å²) < 4.78 is 0. The van der Waals surface area contributed by atoms with E-state index in [2.05, 4.69) is 27.2 Å². The van der Waals surface area contributed by atoms with Crippen LogP contribution in [0.1, 0.15) is 49.2 Å². The van der Waals surface area contributed by atoms with Gasteiger partial charge in [-0.2, -0.15) is 0 Å². The third kappa shape index (κ3) is 2.99. The fourth-order valence-corrected chi connectivity index (χ4v) is 6.63. The molecule has 154 valence electrons. The van der Waals surface area contributed by atoms with Crippen LogP contribution in [0.2, 0.25) is 0 Å². The third-order valence-corrected chi connectivity index (χ3v) is 8.19. The first-order valence-corrected chi connectivity index (χ1v) is 11.4. The topological polar surface area (TPSA) is 48.5 Å². The summed E-state index contributed by atoms with van der Waals surface area (Å²) in [6.07, 6.45) is 5.40. The molecule has 6 rings (SSSR count). The molecule has 29 heavy (non-hydrogen) atoms. The van der Waals surface area contributed by atoms with E-state index >= 15 is 0 Å². The van der Waals surface area contributed by atoms with Crippen molar-refractivity contribution < 1.29 is 4.79 Å². The lowest BCUT2D eigenvalue weighted by Gasteiger charge is -2.35. The molecule has 6 heteroatoms. The number of hydrogen-bond acceptors (Lipinski definition) is 5. The highest BCUT2D eigenvalue weighted by Gasteiger charge is 2.53. The third-order valence-electron chi connectivity index (χ3n) is 7.09. The number of nitrogens with one attached hydrogen (secondary N) is 1. The maximum Gasteiger partial charge on any atom is 0.233 e. The Kier molecular flexibility index (Phi) is 4.67. The van der Waals surface area contributed by atoms with E-state index < -0.39 is 0 Å². The van der Waals surface area contributed by atoms with Crippen LogP contribution in [0, 0.1) is 0 Å². The Morgan fingerprint density at radius 2 is 1.86 bits per heavy atom. The smallest absolute Gasteiger partial charge is 0.233 e. The van der Waals surface area contributed by atoms with Crippen LogP contribution in [0.4, 0.5) is 5.13 Å². The fourth-order valence-electron chi connectivity index (χ4n) is 5.37. The number of piperazine rings is 1. The zero-order valence-electron chi connectivity index (χ0n) is 16.1. The normalized spacial score (nSPS) is 26.6. The van der Waals surface area contributed by atoms with E-state index in [9.17, 15) is 4.79 Å². The van der Waals surface area contributed by atoms with Gasteiger partial charge in [0.1, 0.15) is 0 Å². The molecule has 2 saturated heterocycles. The lowest BCUT2D eigenvalue weighted by atomic mass is 9.93. The molecule has 1 aromatic carbocycles. The minimum Gasteiger partial charge on any atom is -0.340 e. The second kappa shape index (κ2) is 7.10. The van der Waals surface area contributed by atoms with Crippen molar-refractivity contribution in [2.45, 2.75) is 63.6 Å². The maximum atomic E-state index is 13.4. The standard InChI is InChI=1S/C22H26N4OS.CH4/c27-20(22(9-10-22)15-4-2-1-3-5-15)25-11-8-18-19(14-25)28-21(24-18)26-16-6-7-17(26)13-23-12-16;/h1-5,16-17,23H,6-14H2;1H4. The number of amides is 1. The van der Waals surface area contributed by atoms with Crippen molar-refractivity contribution in [1.82, 2.24) is 15.2 Å². The fraction of sp³-hybridized carbons (Fsp3) is 0.565. The van der Waals surface area contributed by atoms with Crippen molar-refractivity contribution in [3.63, 3.8) is 0 Å². The second-order valence-corrected chi connectivity index (χ2v) is 9.80. The predicted molar refractivity (Wildman–Crippen MR) is 117 cm³/mol. The summed E-state index contributed by atoms with van der Waals surface area (Å²) in [5.74, 6) is 0.321. The molecule has 3 fully saturated rings. The number of carbonyl (C=O) groups is 1. The molecule has 4 aliphatic rings. The summed E-state index contributed by atoms with van der Waals surface area (Å²) in [6.45, 7) is 3.69. The first-order chi connectivity index (χ1) is 13.7. The van der Waals surface area contributed by atoms with Crippen LogP contribution in [0.5, 0.6) is 0 Å². The highest BCUT2D eigenvalue weighted by Crippen LogP contribution is 2.50. The Hall–Kier alpha value is -1.92. The molecule has 0 spiro atoms. The van der Waals surface area contributed by atoms with Crippen molar-refractivity contribution in [2.24, 2.45) is 0 Å². The number of carbonyl (C=O) groups excluding carboxylic acids is 1. The molecule has 1 aromatic heterocycles. The minimum absolute atomic E-state index is 0. The van der Waals surface area contributed by atoms with Gasteiger partial charge in [0.2, 0.25) is 5.91 Å². The Morgan fingerprint density at radius 1 is 1.14 bits per heavy atom. The van der Waals surface area contributed by atoms with Gasteiger partial charge >= 0.3 is 0 Å². The van der Waals surface area contributed by atoms with Crippen molar-refractivity contribution in [3.05, 3.63) is 46.5 Å². The lowest BCUT2D eigenvalue weighted by Crippen LogP contribution is -2.51. The summed E-state index contributed by atoms with van der Waals surface area (Å²) in [4.78, 5) is 24.4. The predicted octanol–water partition coefficient (Wildman–Crippen LogP) is 3.34. The molecule has 2 unspecified atom stereocenters. The number of benzene rings is 1. The highest BCUT2D eigenvalue weighted by atomic mass is 32.1. The maximum absolute atomic E-state index is 13.4. The largest absolute Gasteiger partial charge is 0.340 e. The Balaban J connectivity index is 0.00000181. The Morgan fingerprint density at radius 3 is 2.55 bits per heavy atom. The minimum atomic E-state index is -0.260. The Labute approximate surface area is 177 Å². The summed E-state index contributed by atoms with van der Waals surface area (Å²) >= 11 is 1.83. The van der Waals surface area contributed by atoms with Crippen LogP contribution in [-0.4, -0.2) is 47.5 Å². The van der Waals surface area contributed by atoms with Crippen molar-refractivity contribution in [3.8, 4) is 0 Å². The lowest BCUT2D eigenvalue weighted by molar-refractivity contribution is -0.134. The van der Waals surface area contributed by atoms with Crippen molar-refractivity contribution >= 4 is 22.4 Å². The number of hydrogen-bond donors (Lipinski definition) is 1. The molecular formula is C23H30N4OS. The summed E-state index contributed by atoms with van der Waals surface area (Å²) in [7, 11) is 0. The first kappa shape index (κ1) is 19.1. The van der Waals surface area contributed by atoms with Gasteiger partial charge in [0.15, 0.2) is 5.13 Å². The number of nitrogens with zero attached hydrogens (tertiary/aromatic N) is 3. The van der Waals surface area contributed by atoms with Gasteiger partial charge in [-0.1, -0.05) is 49.1 Å². The summed E-state index contributed by atoms with van der Waals surface area (Å²) in [6, 6.07) is 11.5. The molecule has 0 radical (unpaired) electrons. The highest BCUT2D eigenvalue weighted by molar-refractivity contribution is 7.15. The van der Waals surface area contributed by atoms with E-state index in [1.807, 2.05) is 29.5 Å². The van der Waals surface area contributed by atoms with E-state index in [-0.39, 0.29) is 12.8 Å². The van der Waals surface area contributed by atoms with E-state index in [0.29, 0.717) is 18.0 Å². The van der Waals surface area contributed by atoms with E-state index in [1.54, 1.807) is 0 Å². The van der Waals surface area contributed by atoms with E-state index in [0.717, 1.165) is 45.4 Å². The van der Waals surface area contributed by atoms with Gasteiger partial charge in [0.25, 0.3) is 0 Å². The number of fused-ring (bicyclic) bond motifs is 3.